The SMILES string of the molecule is Cc1ccc(C(=O)NCc2cc3nc(-c4cccc(N5CC6(CCOCC6)C5)n4)ccc3cn2)cc1S(C)(=O)=O. The number of amides is 1. The van der Waals surface area contributed by atoms with E-state index in [1.54, 1.807) is 25.3 Å². The van der Waals surface area contributed by atoms with Gasteiger partial charge in [-0.05, 0) is 67.8 Å². The maximum Gasteiger partial charge on any atom is 0.251 e. The van der Waals surface area contributed by atoms with E-state index < -0.39 is 9.84 Å². The Morgan fingerprint density at radius 2 is 1.80 bits per heavy atom. The molecule has 4 aromatic rings. The number of rotatable bonds is 6. The van der Waals surface area contributed by atoms with E-state index in [0.717, 1.165) is 73.5 Å². The number of pyridine rings is 3. The van der Waals surface area contributed by atoms with Crippen molar-refractivity contribution in [1.82, 2.24) is 20.3 Å². The standard InChI is InChI=1S/C30H31N5O4S/c1-20-6-7-21(14-27(20)40(2,37)38)29(36)32-17-23-15-26-22(16-31-23)8-9-25(33-26)24-4-3-5-28(34-24)35-18-30(19-35)10-12-39-13-11-30/h3-9,14-16H,10-13,17-19H2,1-2H3,(H,32,36). The second-order valence-electron chi connectivity index (χ2n) is 10.8. The van der Waals surface area contributed by atoms with Crippen LogP contribution in [0.15, 0.2) is 65.7 Å². The second-order valence-corrected chi connectivity index (χ2v) is 12.8. The number of hydrogen-bond donors (Lipinski definition) is 1. The molecule has 5 heterocycles. The monoisotopic (exact) mass is 557 g/mol. The second kappa shape index (κ2) is 10.3. The summed E-state index contributed by atoms with van der Waals surface area (Å²) < 4.78 is 29.6. The molecule has 0 saturated carbocycles. The molecule has 0 unspecified atom stereocenters. The zero-order valence-corrected chi connectivity index (χ0v) is 23.4. The first-order valence-electron chi connectivity index (χ1n) is 13.3. The van der Waals surface area contributed by atoms with Gasteiger partial charge in [0.25, 0.3) is 5.91 Å². The number of carbonyl (C=O) groups excluding carboxylic acids is 1. The number of anilines is 1. The fourth-order valence-electron chi connectivity index (χ4n) is 5.50. The van der Waals surface area contributed by atoms with E-state index in [1.165, 1.54) is 6.07 Å². The van der Waals surface area contributed by atoms with Gasteiger partial charge in [-0.3, -0.25) is 9.78 Å². The third-order valence-corrected chi connectivity index (χ3v) is 9.08. The molecular formula is C30H31N5O4S. The summed E-state index contributed by atoms with van der Waals surface area (Å²) in [4.78, 5) is 29.5. The third-order valence-electron chi connectivity index (χ3n) is 7.84. The lowest BCUT2D eigenvalue weighted by atomic mass is 9.73. The van der Waals surface area contributed by atoms with E-state index in [2.05, 4.69) is 15.2 Å². The van der Waals surface area contributed by atoms with Crippen LogP contribution in [0.4, 0.5) is 5.82 Å². The Hall–Kier alpha value is -3.89. The number of sulfone groups is 1. The number of aromatic nitrogens is 3. The summed E-state index contributed by atoms with van der Waals surface area (Å²) >= 11 is 0. The molecule has 0 bridgehead atoms. The van der Waals surface area contributed by atoms with Crippen LogP contribution in [0.5, 0.6) is 0 Å². The van der Waals surface area contributed by atoms with Gasteiger partial charge >= 0.3 is 0 Å². The summed E-state index contributed by atoms with van der Waals surface area (Å²) in [6.45, 7) is 5.60. The summed E-state index contributed by atoms with van der Waals surface area (Å²) in [6, 6.07) is 16.5. The lowest BCUT2D eigenvalue weighted by molar-refractivity contribution is -0.000449. The number of hydrogen-bond acceptors (Lipinski definition) is 8. The molecule has 1 spiro atoms. The molecule has 40 heavy (non-hydrogen) atoms. The Morgan fingerprint density at radius 1 is 1.02 bits per heavy atom. The minimum atomic E-state index is -3.43. The molecule has 2 saturated heterocycles. The van der Waals surface area contributed by atoms with Crippen molar-refractivity contribution in [1.29, 1.82) is 0 Å². The van der Waals surface area contributed by atoms with Crippen molar-refractivity contribution in [3.8, 4) is 11.4 Å². The lowest BCUT2D eigenvalue weighted by Crippen LogP contribution is -2.58. The zero-order chi connectivity index (χ0) is 27.9. The molecule has 6 rings (SSSR count). The Labute approximate surface area is 233 Å². The number of aryl methyl sites for hydroxylation is 1. The van der Waals surface area contributed by atoms with Crippen LogP contribution >= 0.6 is 0 Å². The van der Waals surface area contributed by atoms with Gasteiger partial charge in [0, 0.05) is 55.1 Å². The van der Waals surface area contributed by atoms with Gasteiger partial charge in [0.05, 0.1) is 34.0 Å². The van der Waals surface area contributed by atoms with Crippen LogP contribution in [0.2, 0.25) is 0 Å². The minimum absolute atomic E-state index is 0.149. The van der Waals surface area contributed by atoms with Crippen molar-refractivity contribution in [3.05, 3.63) is 77.6 Å². The summed E-state index contributed by atoms with van der Waals surface area (Å²) in [5, 5.41) is 3.72. The van der Waals surface area contributed by atoms with Gasteiger partial charge in [0.1, 0.15) is 5.82 Å². The van der Waals surface area contributed by atoms with Gasteiger partial charge < -0.3 is 15.0 Å². The fraction of sp³-hybridized carbons (Fsp3) is 0.333. The summed E-state index contributed by atoms with van der Waals surface area (Å²) in [5.41, 5.74) is 4.22. The van der Waals surface area contributed by atoms with Gasteiger partial charge in [-0.1, -0.05) is 12.1 Å². The predicted octanol–water partition coefficient (Wildman–Crippen LogP) is 3.95. The summed E-state index contributed by atoms with van der Waals surface area (Å²) in [7, 11) is -3.43. The van der Waals surface area contributed by atoms with E-state index in [0.29, 0.717) is 16.7 Å². The normalized spacial score (nSPS) is 16.6. The van der Waals surface area contributed by atoms with Gasteiger partial charge in [-0.15, -0.1) is 0 Å². The third kappa shape index (κ3) is 5.29. The zero-order valence-electron chi connectivity index (χ0n) is 22.6. The Balaban J connectivity index is 1.17. The lowest BCUT2D eigenvalue weighted by Gasteiger charge is -2.52. The largest absolute Gasteiger partial charge is 0.381 e. The molecule has 0 aliphatic carbocycles. The van der Waals surface area contributed by atoms with E-state index in [4.69, 9.17) is 14.7 Å². The molecule has 1 aromatic carbocycles. The highest BCUT2D eigenvalue weighted by atomic mass is 32.2. The molecule has 0 radical (unpaired) electrons. The van der Waals surface area contributed by atoms with Crippen molar-refractivity contribution in [2.45, 2.75) is 31.2 Å². The number of nitrogens with zero attached hydrogens (tertiary/aromatic N) is 4. The van der Waals surface area contributed by atoms with E-state index >= 15 is 0 Å². The number of carbonyl (C=O) groups is 1. The fourth-order valence-corrected chi connectivity index (χ4v) is 6.49. The van der Waals surface area contributed by atoms with Crippen LogP contribution in [0.3, 0.4) is 0 Å². The highest BCUT2D eigenvalue weighted by Gasteiger charge is 2.44. The molecule has 0 atom stereocenters. The van der Waals surface area contributed by atoms with Crippen LogP contribution < -0.4 is 10.2 Å². The molecule has 2 aliphatic rings. The molecule has 206 valence electrons. The number of benzene rings is 1. The summed E-state index contributed by atoms with van der Waals surface area (Å²) in [5.74, 6) is 0.591. The Morgan fingerprint density at radius 3 is 2.58 bits per heavy atom. The first-order chi connectivity index (χ1) is 19.2. The van der Waals surface area contributed by atoms with E-state index in [-0.39, 0.29) is 22.9 Å². The van der Waals surface area contributed by atoms with E-state index in [1.807, 2.05) is 36.4 Å². The maximum absolute atomic E-state index is 12.8. The molecule has 1 amide bonds. The first-order valence-corrected chi connectivity index (χ1v) is 15.2. The van der Waals surface area contributed by atoms with Crippen molar-refractivity contribution >= 4 is 32.5 Å². The van der Waals surface area contributed by atoms with Gasteiger partial charge in [-0.25, -0.2) is 18.4 Å². The number of fused-ring (bicyclic) bond motifs is 1. The molecule has 2 fully saturated rings. The quantitative estimate of drug-likeness (QED) is 0.379. The van der Waals surface area contributed by atoms with Crippen LogP contribution in [0.1, 0.15) is 34.5 Å². The average molecular weight is 558 g/mol. The topological polar surface area (TPSA) is 114 Å². The van der Waals surface area contributed by atoms with Crippen LogP contribution in [0.25, 0.3) is 22.3 Å². The van der Waals surface area contributed by atoms with Crippen molar-refractivity contribution in [2.75, 3.05) is 37.5 Å². The molecular weight excluding hydrogens is 526 g/mol. The smallest absolute Gasteiger partial charge is 0.251 e. The van der Waals surface area contributed by atoms with Crippen LogP contribution in [-0.2, 0) is 21.1 Å². The van der Waals surface area contributed by atoms with Crippen LogP contribution in [-0.4, -0.2) is 61.8 Å². The Bertz CT molecular complexity index is 1710. The molecule has 3 aromatic heterocycles. The average Bonchev–Trinajstić information content (AvgIpc) is 2.94. The first kappa shape index (κ1) is 26.3. The Kier molecular flexibility index (Phi) is 6.75. The van der Waals surface area contributed by atoms with Gasteiger partial charge in [-0.2, -0.15) is 0 Å². The maximum atomic E-state index is 12.8. The highest BCUT2D eigenvalue weighted by Crippen LogP contribution is 2.41. The number of nitrogens with one attached hydrogen (secondary N) is 1. The number of ether oxygens (including phenoxy) is 1. The van der Waals surface area contributed by atoms with Crippen LogP contribution in [0, 0.1) is 12.3 Å². The predicted molar refractivity (Wildman–Crippen MR) is 153 cm³/mol. The van der Waals surface area contributed by atoms with Crippen molar-refractivity contribution in [2.24, 2.45) is 5.41 Å². The molecule has 10 heteroatoms. The van der Waals surface area contributed by atoms with Crippen molar-refractivity contribution < 1.29 is 17.9 Å². The van der Waals surface area contributed by atoms with Crippen molar-refractivity contribution in [3.63, 3.8) is 0 Å². The highest BCUT2D eigenvalue weighted by molar-refractivity contribution is 7.90. The molecule has 2 aliphatic heterocycles. The minimum Gasteiger partial charge on any atom is -0.381 e. The summed E-state index contributed by atoms with van der Waals surface area (Å²) in [6.07, 6.45) is 5.09. The van der Waals surface area contributed by atoms with Gasteiger partial charge in [0.15, 0.2) is 9.84 Å². The molecule has 1 N–H and O–H groups in total. The van der Waals surface area contributed by atoms with E-state index in [9.17, 15) is 13.2 Å². The van der Waals surface area contributed by atoms with Gasteiger partial charge in [0.2, 0.25) is 0 Å². The molecule has 9 nitrogen and oxygen atoms in total.